The summed E-state index contributed by atoms with van der Waals surface area (Å²) in [6, 6.07) is 5.61. The lowest BCUT2D eigenvalue weighted by molar-refractivity contribution is -0.384. The number of hydrogen-bond acceptors (Lipinski definition) is 6. The Kier molecular flexibility index (Phi) is 4.21. The zero-order chi connectivity index (χ0) is 19.1. The number of aliphatic hydroxyl groups excluding tert-OH is 1. The molecule has 1 fully saturated rings. The van der Waals surface area contributed by atoms with Crippen LogP contribution in [0, 0.1) is 15.9 Å². The molecule has 0 saturated carbocycles. The molecule has 4 rings (SSSR count). The molecule has 0 amide bonds. The highest BCUT2D eigenvalue weighted by molar-refractivity contribution is 5.64. The van der Waals surface area contributed by atoms with Gasteiger partial charge in [-0.1, -0.05) is 0 Å². The van der Waals surface area contributed by atoms with Crippen molar-refractivity contribution in [2.45, 2.75) is 25.2 Å². The van der Waals surface area contributed by atoms with E-state index in [2.05, 4.69) is 4.98 Å². The number of hydrogen-bond donors (Lipinski definition) is 1. The Morgan fingerprint density at radius 2 is 2.04 bits per heavy atom. The van der Waals surface area contributed by atoms with Gasteiger partial charge >= 0.3 is 5.69 Å². The summed E-state index contributed by atoms with van der Waals surface area (Å²) >= 11 is 0. The average molecular weight is 374 g/mol. The van der Waals surface area contributed by atoms with E-state index in [0.717, 1.165) is 15.2 Å². The maximum absolute atomic E-state index is 14.5. The molecule has 0 spiro atoms. The van der Waals surface area contributed by atoms with Crippen LogP contribution in [0.2, 0.25) is 0 Å². The topological polar surface area (TPSA) is 112 Å². The van der Waals surface area contributed by atoms with E-state index in [-0.39, 0.29) is 24.0 Å². The third-order valence-electron chi connectivity index (χ3n) is 4.57. The van der Waals surface area contributed by atoms with Crippen molar-refractivity contribution in [3.05, 3.63) is 63.1 Å². The van der Waals surface area contributed by atoms with Crippen LogP contribution in [-0.4, -0.2) is 36.7 Å². The first kappa shape index (κ1) is 17.3. The van der Waals surface area contributed by atoms with Gasteiger partial charge in [-0.05, 0) is 25.0 Å². The molecule has 1 aliphatic heterocycles. The first-order valence-corrected chi connectivity index (χ1v) is 8.29. The van der Waals surface area contributed by atoms with Crippen LogP contribution in [0.25, 0.3) is 16.9 Å². The summed E-state index contributed by atoms with van der Waals surface area (Å²) in [7, 11) is 0. The van der Waals surface area contributed by atoms with Gasteiger partial charge in [0.1, 0.15) is 6.23 Å². The fourth-order valence-corrected chi connectivity index (χ4v) is 3.18. The summed E-state index contributed by atoms with van der Waals surface area (Å²) in [6.45, 7) is -0.161. The van der Waals surface area contributed by atoms with Gasteiger partial charge in [0.2, 0.25) is 0 Å². The largest absolute Gasteiger partial charge is 0.394 e. The molecule has 27 heavy (non-hydrogen) atoms. The molecular weight excluding hydrogens is 359 g/mol. The van der Waals surface area contributed by atoms with Gasteiger partial charge in [-0.3, -0.25) is 14.7 Å². The molecule has 3 heterocycles. The highest BCUT2D eigenvalue weighted by atomic mass is 19.1. The normalized spacial score (nSPS) is 19.6. The van der Waals surface area contributed by atoms with Crippen LogP contribution < -0.4 is 5.69 Å². The summed E-state index contributed by atoms with van der Waals surface area (Å²) < 4.78 is 22.3. The molecule has 0 bridgehead atoms. The Bertz CT molecular complexity index is 1080. The fraction of sp³-hybridized carbons (Fsp3) is 0.294. The van der Waals surface area contributed by atoms with Crippen LogP contribution >= 0.6 is 0 Å². The number of fused-ring (bicyclic) bond motifs is 1. The van der Waals surface area contributed by atoms with Crippen LogP contribution in [0.15, 0.2) is 41.5 Å². The molecule has 1 aliphatic rings. The molecule has 140 valence electrons. The SMILES string of the molecule is O=c1n([C@H]2CC[C@@H](CO)O2)cc(F)c2nc(-c3ccc([N+](=O)[O-])cc3)cn12. The fourth-order valence-electron chi connectivity index (χ4n) is 3.18. The number of imidazole rings is 1. The lowest BCUT2D eigenvalue weighted by atomic mass is 10.1. The standard InChI is InChI=1S/C17H15FN4O5/c18-13-7-20(15-6-5-12(9-23)27-15)17(24)21-8-14(19-16(13)21)10-1-3-11(4-2-10)22(25)26/h1-4,7-8,12,15,23H,5-6,9H2/t12-,15+/m0/s1. The molecule has 1 aromatic carbocycles. The molecule has 2 aromatic heterocycles. The number of rotatable bonds is 4. The molecule has 0 radical (unpaired) electrons. The van der Waals surface area contributed by atoms with E-state index in [1.807, 2.05) is 0 Å². The maximum Gasteiger partial charge on any atom is 0.336 e. The van der Waals surface area contributed by atoms with Crippen molar-refractivity contribution in [3.8, 4) is 11.3 Å². The van der Waals surface area contributed by atoms with Crippen molar-refractivity contribution in [3.63, 3.8) is 0 Å². The van der Waals surface area contributed by atoms with Crippen molar-refractivity contribution in [1.82, 2.24) is 14.0 Å². The number of ether oxygens (including phenoxy) is 1. The molecule has 0 aliphatic carbocycles. The van der Waals surface area contributed by atoms with Gasteiger partial charge in [0.25, 0.3) is 5.69 Å². The van der Waals surface area contributed by atoms with Gasteiger partial charge in [0.15, 0.2) is 11.5 Å². The smallest absolute Gasteiger partial charge is 0.336 e. The van der Waals surface area contributed by atoms with Crippen molar-refractivity contribution in [2.75, 3.05) is 6.61 Å². The second-order valence-electron chi connectivity index (χ2n) is 6.26. The number of benzene rings is 1. The summed E-state index contributed by atoms with van der Waals surface area (Å²) in [6.07, 6.45) is 2.47. The molecular formula is C17H15FN4O5. The van der Waals surface area contributed by atoms with Crippen molar-refractivity contribution in [1.29, 1.82) is 0 Å². The van der Waals surface area contributed by atoms with E-state index < -0.39 is 22.7 Å². The van der Waals surface area contributed by atoms with E-state index in [1.165, 1.54) is 30.5 Å². The zero-order valence-corrected chi connectivity index (χ0v) is 14.0. The van der Waals surface area contributed by atoms with Gasteiger partial charge in [0, 0.05) is 23.9 Å². The average Bonchev–Trinajstić information content (AvgIpc) is 3.32. The predicted molar refractivity (Wildman–Crippen MR) is 91.7 cm³/mol. The van der Waals surface area contributed by atoms with Gasteiger partial charge < -0.3 is 9.84 Å². The summed E-state index contributed by atoms with van der Waals surface area (Å²) in [5, 5.41) is 19.9. The summed E-state index contributed by atoms with van der Waals surface area (Å²) in [5.74, 6) is -0.696. The first-order chi connectivity index (χ1) is 13.0. The Morgan fingerprint density at radius 1 is 1.30 bits per heavy atom. The predicted octanol–water partition coefficient (Wildman–Crippen LogP) is 1.88. The molecule has 9 nitrogen and oxygen atoms in total. The number of nitrogens with zero attached hydrogens (tertiary/aromatic N) is 4. The van der Waals surface area contributed by atoms with E-state index >= 15 is 0 Å². The lowest BCUT2D eigenvalue weighted by Crippen LogP contribution is -2.30. The second-order valence-corrected chi connectivity index (χ2v) is 6.26. The number of halogens is 1. The quantitative estimate of drug-likeness (QED) is 0.551. The minimum absolute atomic E-state index is 0.0760. The zero-order valence-electron chi connectivity index (χ0n) is 14.0. The molecule has 0 unspecified atom stereocenters. The van der Waals surface area contributed by atoms with Gasteiger partial charge in [-0.2, -0.15) is 0 Å². The number of nitro benzene ring substituents is 1. The van der Waals surface area contributed by atoms with Crippen molar-refractivity contribution < 1.29 is 19.2 Å². The summed E-state index contributed by atoms with van der Waals surface area (Å²) in [5.41, 5.74) is 0.108. The minimum atomic E-state index is -0.696. The highest BCUT2D eigenvalue weighted by Gasteiger charge is 2.28. The van der Waals surface area contributed by atoms with Crippen molar-refractivity contribution in [2.24, 2.45) is 0 Å². The summed E-state index contributed by atoms with van der Waals surface area (Å²) in [4.78, 5) is 27.1. The number of non-ortho nitro benzene ring substituents is 1. The highest BCUT2D eigenvalue weighted by Crippen LogP contribution is 2.28. The van der Waals surface area contributed by atoms with Crippen LogP contribution in [0.3, 0.4) is 0 Å². The van der Waals surface area contributed by atoms with E-state index in [4.69, 9.17) is 9.84 Å². The molecule has 1 saturated heterocycles. The van der Waals surface area contributed by atoms with Crippen LogP contribution in [0.1, 0.15) is 19.1 Å². The second kappa shape index (κ2) is 6.56. The number of aliphatic hydroxyl groups is 1. The number of nitro groups is 1. The molecule has 1 N–H and O–H groups in total. The molecule has 10 heteroatoms. The lowest BCUT2D eigenvalue weighted by Gasteiger charge is -2.15. The first-order valence-electron chi connectivity index (χ1n) is 8.29. The van der Waals surface area contributed by atoms with Gasteiger partial charge in [0.05, 0.1) is 29.5 Å². The third-order valence-corrected chi connectivity index (χ3v) is 4.57. The Hall–Kier alpha value is -3.11. The molecule has 2 atom stereocenters. The molecule has 3 aromatic rings. The maximum atomic E-state index is 14.5. The van der Waals surface area contributed by atoms with Crippen LogP contribution in [0.4, 0.5) is 10.1 Å². The van der Waals surface area contributed by atoms with E-state index in [0.29, 0.717) is 24.1 Å². The van der Waals surface area contributed by atoms with Crippen molar-refractivity contribution >= 4 is 11.3 Å². The van der Waals surface area contributed by atoms with Crippen LogP contribution in [0.5, 0.6) is 0 Å². The monoisotopic (exact) mass is 374 g/mol. The van der Waals surface area contributed by atoms with E-state index in [9.17, 15) is 19.3 Å². The van der Waals surface area contributed by atoms with Gasteiger partial charge in [-0.15, -0.1) is 0 Å². The number of aromatic nitrogens is 3. The Labute approximate surface area is 151 Å². The Balaban J connectivity index is 1.76. The Morgan fingerprint density at radius 3 is 2.67 bits per heavy atom. The van der Waals surface area contributed by atoms with Gasteiger partial charge in [-0.25, -0.2) is 18.6 Å². The minimum Gasteiger partial charge on any atom is -0.394 e. The van der Waals surface area contributed by atoms with Crippen LogP contribution in [-0.2, 0) is 4.74 Å². The van der Waals surface area contributed by atoms with E-state index in [1.54, 1.807) is 0 Å². The third kappa shape index (κ3) is 2.98.